The molecule has 0 aromatic carbocycles. The van der Waals surface area contributed by atoms with E-state index in [9.17, 15) is 4.79 Å². The lowest BCUT2D eigenvalue weighted by molar-refractivity contribution is -0.117. The van der Waals surface area contributed by atoms with Gasteiger partial charge in [0.25, 0.3) is 0 Å². The standard InChI is InChI=1S/C10H18N2O/c1-11-5-2-3-10(7-11)4-6-12(8-10)9-13/h9H,2-8H2,1H3. The third-order valence-electron chi connectivity index (χ3n) is 3.47. The second-order valence-corrected chi connectivity index (χ2v) is 4.67. The molecule has 0 aliphatic carbocycles. The maximum Gasteiger partial charge on any atom is 0.209 e. The van der Waals surface area contributed by atoms with Gasteiger partial charge in [0.15, 0.2) is 0 Å². The topological polar surface area (TPSA) is 23.6 Å². The van der Waals surface area contributed by atoms with Crippen LogP contribution in [0.3, 0.4) is 0 Å². The Morgan fingerprint density at radius 3 is 2.69 bits per heavy atom. The summed E-state index contributed by atoms with van der Waals surface area (Å²) in [5, 5.41) is 0. The molecule has 74 valence electrons. The van der Waals surface area contributed by atoms with Crippen LogP contribution >= 0.6 is 0 Å². The number of piperidine rings is 1. The van der Waals surface area contributed by atoms with Crippen molar-refractivity contribution >= 4 is 6.41 Å². The summed E-state index contributed by atoms with van der Waals surface area (Å²) < 4.78 is 0. The molecule has 1 unspecified atom stereocenters. The van der Waals surface area contributed by atoms with E-state index in [1.165, 1.54) is 32.4 Å². The molecule has 1 spiro atoms. The number of nitrogens with zero attached hydrogens (tertiary/aromatic N) is 2. The van der Waals surface area contributed by atoms with Crippen LogP contribution in [-0.4, -0.2) is 49.4 Å². The summed E-state index contributed by atoms with van der Waals surface area (Å²) >= 11 is 0. The highest BCUT2D eigenvalue weighted by atomic mass is 16.1. The van der Waals surface area contributed by atoms with Crippen molar-refractivity contribution in [2.45, 2.75) is 19.3 Å². The van der Waals surface area contributed by atoms with Gasteiger partial charge in [-0.1, -0.05) is 0 Å². The summed E-state index contributed by atoms with van der Waals surface area (Å²) in [4.78, 5) is 15.0. The summed E-state index contributed by atoms with van der Waals surface area (Å²) in [6, 6.07) is 0. The van der Waals surface area contributed by atoms with Crippen LogP contribution in [0.2, 0.25) is 0 Å². The van der Waals surface area contributed by atoms with Gasteiger partial charge in [-0.05, 0) is 32.9 Å². The Hall–Kier alpha value is -0.570. The maximum atomic E-state index is 10.6. The van der Waals surface area contributed by atoms with Crippen LogP contribution in [0.1, 0.15) is 19.3 Å². The summed E-state index contributed by atoms with van der Waals surface area (Å²) in [5.74, 6) is 0. The molecule has 2 aliphatic rings. The maximum absolute atomic E-state index is 10.6. The Morgan fingerprint density at radius 1 is 1.23 bits per heavy atom. The molecule has 0 aromatic heterocycles. The zero-order chi connectivity index (χ0) is 9.31. The van der Waals surface area contributed by atoms with Crippen LogP contribution in [0, 0.1) is 5.41 Å². The van der Waals surface area contributed by atoms with E-state index in [1.807, 2.05) is 4.90 Å². The highest BCUT2D eigenvalue weighted by Crippen LogP contribution is 2.37. The monoisotopic (exact) mass is 182 g/mol. The molecule has 0 saturated carbocycles. The first-order valence-corrected chi connectivity index (χ1v) is 5.12. The Morgan fingerprint density at radius 2 is 2.08 bits per heavy atom. The molecule has 1 amide bonds. The van der Waals surface area contributed by atoms with E-state index in [-0.39, 0.29) is 0 Å². The number of rotatable bonds is 1. The smallest absolute Gasteiger partial charge is 0.209 e. The van der Waals surface area contributed by atoms with Gasteiger partial charge in [-0.3, -0.25) is 4.79 Å². The van der Waals surface area contributed by atoms with E-state index in [4.69, 9.17) is 0 Å². The van der Waals surface area contributed by atoms with Gasteiger partial charge in [-0.25, -0.2) is 0 Å². The Kier molecular flexibility index (Phi) is 2.28. The van der Waals surface area contributed by atoms with Crippen molar-refractivity contribution in [1.29, 1.82) is 0 Å². The van der Waals surface area contributed by atoms with Gasteiger partial charge < -0.3 is 9.80 Å². The fraction of sp³-hybridized carbons (Fsp3) is 0.900. The summed E-state index contributed by atoms with van der Waals surface area (Å²) in [7, 11) is 2.18. The summed E-state index contributed by atoms with van der Waals surface area (Å²) in [5.41, 5.74) is 0.438. The normalized spacial score (nSPS) is 35.6. The van der Waals surface area contributed by atoms with Gasteiger partial charge in [0.1, 0.15) is 0 Å². The number of hydrogen-bond donors (Lipinski definition) is 0. The average molecular weight is 182 g/mol. The number of carbonyl (C=O) groups excluding carboxylic acids is 1. The third kappa shape index (κ3) is 1.70. The van der Waals surface area contributed by atoms with Crippen molar-refractivity contribution in [2.24, 2.45) is 5.41 Å². The first kappa shape index (κ1) is 9.00. The molecular formula is C10H18N2O. The Labute approximate surface area is 79.7 Å². The van der Waals surface area contributed by atoms with Crippen molar-refractivity contribution in [2.75, 3.05) is 33.2 Å². The largest absolute Gasteiger partial charge is 0.345 e. The minimum absolute atomic E-state index is 0.438. The van der Waals surface area contributed by atoms with Crippen molar-refractivity contribution in [1.82, 2.24) is 9.80 Å². The molecule has 2 heterocycles. The first-order valence-electron chi connectivity index (χ1n) is 5.12. The molecule has 2 saturated heterocycles. The number of amides is 1. The van der Waals surface area contributed by atoms with Crippen LogP contribution in [0.15, 0.2) is 0 Å². The lowest BCUT2D eigenvalue weighted by Crippen LogP contribution is -2.42. The van der Waals surface area contributed by atoms with Crippen LogP contribution in [-0.2, 0) is 4.79 Å². The van der Waals surface area contributed by atoms with E-state index in [1.54, 1.807) is 0 Å². The predicted octanol–water partition coefficient (Wildman–Crippen LogP) is 0.560. The minimum atomic E-state index is 0.438. The summed E-state index contributed by atoms with van der Waals surface area (Å²) in [6.45, 7) is 4.36. The predicted molar refractivity (Wildman–Crippen MR) is 51.4 cm³/mol. The molecule has 2 aliphatic heterocycles. The van der Waals surface area contributed by atoms with Crippen LogP contribution in [0.5, 0.6) is 0 Å². The van der Waals surface area contributed by atoms with Crippen molar-refractivity contribution in [3.63, 3.8) is 0 Å². The van der Waals surface area contributed by atoms with E-state index in [0.29, 0.717) is 5.41 Å². The third-order valence-corrected chi connectivity index (χ3v) is 3.47. The number of likely N-dealkylation sites (tertiary alicyclic amines) is 2. The Balaban J connectivity index is 2.00. The van der Waals surface area contributed by atoms with Gasteiger partial charge in [0.05, 0.1) is 0 Å². The highest BCUT2D eigenvalue weighted by molar-refractivity contribution is 5.47. The van der Waals surface area contributed by atoms with E-state index in [0.717, 1.165) is 19.5 Å². The van der Waals surface area contributed by atoms with Crippen molar-refractivity contribution in [3.05, 3.63) is 0 Å². The minimum Gasteiger partial charge on any atom is -0.345 e. The molecule has 13 heavy (non-hydrogen) atoms. The van der Waals surface area contributed by atoms with Gasteiger partial charge in [0, 0.05) is 25.0 Å². The van der Waals surface area contributed by atoms with Crippen LogP contribution in [0.4, 0.5) is 0 Å². The zero-order valence-corrected chi connectivity index (χ0v) is 8.33. The van der Waals surface area contributed by atoms with Crippen LogP contribution < -0.4 is 0 Å². The molecule has 2 fully saturated rings. The number of hydrogen-bond acceptors (Lipinski definition) is 2. The lowest BCUT2D eigenvalue weighted by Gasteiger charge is -2.38. The second kappa shape index (κ2) is 3.29. The zero-order valence-electron chi connectivity index (χ0n) is 8.33. The fourth-order valence-corrected chi connectivity index (χ4v) is 2.85. The molecule has 3 nitrogen and oxygen atoms in total. The molecule has 0 N–H and O–H groups in total. The quantitative estimate of drug-likeness (QED) is 0.553. The molecule has 0 aromatic rings. The molecule has 1 atom stereocenters. The average Bonchev–Trinajstić information content (AvgIpc) is 2.48. The van der Waals surface area contributed by atoms with E-state index in [2.05, 4.69) is 11.9 Å². The van der Waals surface area contributed by atoms with E-state index >= 15 is 0 Å². The molecule has 3 heteroatoms. The van der Waals surface area contributed by atoms with Crippen LogP contribution in [0.25, 0.3) is 0 Å². The lowest BCUT2D eigenvalue weighted by atomic mass is 9.79. The first-order chi connectivity index (χ1) is 6.24. The van der Waals surface area contributed by atoms with Gasteiger partial charge in [0.2, 0.25) is 6.41 Å². The SMILES string of the molecule is CN1CCCC2(CCN(C=O)C2)C1. The van der Waals surface area contributed by atoms with E-state index < -0.39 is 0 Å². The van der Waals surface area contributed by atoms with Crippen molar-refractivity contribution in [3.8, 4) is 0 Å². The molecule has 2 rings (SSSR count). The van der Waals surface area contributed by atoms with Gasteiger partial charge in [-0.15, -0.1) is 0 Å². The highest BCUT2D eigenvalue weighted by Gasteiger charge is 2.39. The van der Waals surface area contributed by atoms with Gasteiger partial charge in [-0.2, -0.15) is 0 Å². The second-order valence-electron chi connectivity index (χ2n) is 4.67. The summed E-state index contributed by atoms with van der Waals surface area (Å²) in [6.07, 6.45) is 4.81. The van der Waals surface area contributed by atoms with Crippen molar-refractivity contribution < 1.29 is 4.79 Å². The fourth-order valence-electron chi connectivity index (χ4n) is 2.85. The molecule has 0 bridgehead atoms. The number of carbonyl (C=O) groups is 1. The molecular weight excluding hydrogens is 164 g/mol. The van der Waals surface area contributed by atoms with Gasteiger partial charge >= 0.3 is 0 Å². The Bertz CT molecular complexity index is 207. The molecule has 0 radical (unpaired) electrons.